The molecule has 3 heterocycles. The van der Waals surface area contributed by atoms with Crippen LogP contribution in [0.15, 0.2) is 12.1 Å². The fraction of sp³-hybridized carbons (Fsp3) is 0.583. The molecule has 0 aromatic carbocycles. The molecule has 1 saturated heterocycles. The Morgan fingerprint density at radius 2 is 2.16 bits per heavy atom. The van der Waals surface area contributed by atoms with Crippen molar-refractivity contribution in [2.45, 2.75) is 31.4 Å². The summed E-state index contributed by atoms with van der Waals surface area (Å²) >= 11 is 5.91. The second kappa shape index (κ2) is 4.70. The van der Waals surface area contributed by atoms with Gasteiger partial charge in [-0.1, -0.05) is 16.8 Å². The van der Waals surface area contributed by atoms with Crippen molar-refractivity contribution in [1.82, 2.24) is 20.0 Å². The Hall–Kier alpha value is -1.24. The highest BCUT2D eigenvalue weighted by Gasteiger charge is 2.38. The van der Waals surface area contributed by atoms with Gasteiger partial charge in [-0.2, -0.15) is 0 Å². The molecule has 1 N–H and O–H groups in total. The molecule has 0 spiro atoms. The van der Waals surface area contributed by atoms with E-state index in [9.17, 15) is 5.11 Å². The van der Waals surface area contributed by atoms with Crippen LogP contribution in [-0.2, 0) is 4.74 Å². The van der Waals surface area contributed by atoms with E-state index in [1.165, 1.54) is 0 Å². The molecule has 0 amide bonds. The maximum atomic E-state index is 10.7. The van der Waals surface area contributed by atoms with Gasteiger partial charge in [-0.25, -0.2) is 9.67 Å². The van der Waals surface area contributed by atoms with Gasteiger partial charge in [0, 0.05) is 26.1 Å². The first-order chi connectivity index (χ1) is 9.10. The van der Waals surface area contributed by atoms with Crippen LogP contribution in [-0.4, -0.2) is 43.9 Å². The summed E-state index contributed by atoms with van der Waals surface area (Å²) in [6.07, 6.45) is 1.16. The van der Waals surface area contributed by atoms with Crippen molar-refractivity contribution >= 4 is 22.8 Å². The number of ether oxygens (including phenoxy) is 1. The average molecular weight is 283 g/mol. The molecule has 7 heteroatoms. The van der Waals surface area contributed by atoms with Crippen molar-refractivity contribution < 1.29 is 9.84 Å². The van der Waals surface area contributed by atoms with Crippen LogP contribution in [0, 0.1) is 0 Å². The van der Waals surface area contributed by atoms with Crippen molar-refractivity contribution in [2.75, 3.05) is 13.2 Å². The topological polar surface area (TPSA) is 73.1 Å². The first-order valence-electron chi connectivity index (χ1n) is 6.28. The van der Waals surface area contributed by atoms with Gasteiger partial charge in [-0.15, -0.1) is 5.10 Å². The van der Waals surface area contributed by atoms with Crippen LogP contribution in [0.25, 0.3) is 11.2 Å². The number of hydrogen-bond acceptors (Lipinski definition) is 5. The summed E-state index contributed by atoms with van der Waals surface area (Å²) in [6, 6.07) is 3.22. The third kappa shape index (κ3) is 2.20. The number of aromatic nitrogens is 4. The molecule has 0 aliphatic carbocycles. The largest absolute Gasteiger partial charge is 0.387 e. The fourth-order valence-corrected chi connectivity index (χ4v) is 2.58. The molecule has 0 saturated carbocycles. The molecular formula is C12H15ClN4O2. The summed E-state index contributed by atoms with van der Waals surface area (Å²) in [5, 5.41) is 19.3. The maximum Gasteiger partial charge on any atom is 0.180 e. The van der Waals surface area contributed by atoms with E-state index in [1.54, 1.807) is 16.8 Å². The number of nitrogens with zero attached hydrogens (tertiary/aromatic N) is 4. The molecule has 0 radical (unpaired) electrons. The number of aliphatic hydroxyl groups is 1. The summed E-state index contributed by atoms with van der Waals surface area (Å²) in [4.78, 5) is 4.24. The van der Waals surface area contributed by atoms with E-state index in [0.717, 1.165) is 0 Å². The molecule has 1 aliphatic rings. The molecule has 1 unspecified atom stereocenters. The van der Waals surface area contributed by atoms with E-state index < -0.39 is 5.60 Å². The standard InChI is InChI=1S/C12H15ClN4O2/c1-8(12(18)4-6-19-7-5-12)17-11-9(15-16-17)2-3-10(13)14-11/h2-3,8,18H,4-7H2,1H3. The maximum absolute atomic E-state index is 10.7. The van der Waals surface area contributed by atoms with Crippen molar-refractivity contribution in [3.8, 4) is 0 Å². The van der Waals surface area contributed by atoms with Crippen molar-refractivity contribution in [3.63, 3.8) is 0 Å². The van der Waals surface area contributed by atoms with Crippen molar-refractivity contribution in [3.05, 3.63) is 17.3 Å². The lowest BCUT2D eigenvalue weighted by molar-refractivity contribution is -0.0922. The van der Waals surface area contributed by atoms with Crippen LogP contribution in [0.1, 0.15) is 25.8 Å². The van der Waals surface area contributed by atoms with Crippen LogP contribution in [0.4, 0.5) is 0 Å². The van der Waals surface area contributed by atoms with Crippen LogP contribution in [0.3, 0.4) is 0 Å². The SMILES string of the molecule is CC(n1nnc2ccc(Cl)nc21)C1(O)CCOCC1. The van der Waals surface area contributed by atoms with E-state index in [-0.39, 0.29) is 6.04 Å². The molecule has 2 aromatic rings. The Morgan fingerprint density at radius 1 is 1.42 bits per heavy atom. The first kappa shape index (κ1) is 12.8. The number of halogens is 1. The second-order valence-corrected chi connectivity index (χ2v) is 5.29. The third-order valence-electron chi connectivity index (χ3n) is 3.79. The molecule has 0 bridgehead atoms. The minimum Gasteiger partial charge on any atom is -0.387 e. The predicted octanol–water partition coefficient (Wildman–Crippen LogP) is 1.58. The van der Waals surface area contributed by atoms with Crippen LogP contribution < -0.4 is 0 Å². The average Bonchev–Trinajstić information content (AvgIpc) is 2.81. The molecule has 19 heavy (non-hydrogen) atoms. The molecule has 6 nitrogen and oxygen atoms in total. The number of fused-ring (bicyclic) bond motifs is 1. The zero-order chi connectivity index (χ0) is 13.5. The minimum atomic E-state index is -0.844. The van der Waals surface area contributed by atoms with Crippen molar-refractivity contribution in [1.29, 1.82) is 0 Å². The normalized spacial score (nSPS) is 20.6. The van der Waals surface area contributed by atoms with Gasteiger partial charge in [0.2, 0.25) is 0 Å². The monoisotopic (exact) mass is 282 g/mol. The third-order valence-corrected chi connectivity index (χ3v) is 4.00. The quantitative estimate of drug-likeness (QED) is 0.847. The number of hydrogen-bond donors (Lipinski definition) is 1. The molecule has 2 aromatic heterocycles. The summed E-state index contributed by atoms with van der Waals surface area (Å²) in [5.41, 5.74) is 0.426. The summed E-state index contributed by atoms with van der Waals surface area (Å²) in [5.74, 6) is 0. The van der Waals surface area contributed by atoms with Gasteiger partial charge in [0.15, 0.2) is 5.65 Å². The highest BCUT2D eigenvalue weighted by atomic mass is 35.5. The predicted molar refractivity (Wildman–Crippen MR) is 70.0 cm³/mol. The Balaban J connectivity index is 2.01. The van der Waals surface area contributed by atoms with E-state index in [2.05, 4.69) is 15.3 Å². The molecular weight excluding hydrogens is 268 g/mol. The number of rotatable bonds is 2. The summed E-state index contributed by atoms with van der Waals surface area (Å²) in [7, 11) is 0. The fourth-order valence-electron chi connectivity index (χ4n) is 2.43. The van der Waals surface area contributed by atoms with Crippen LogP contribution in [0.2, 0.25) is 5.15 Å². The lowest BCUT2D eigenvalue weighted by Crippen LogP contribution is -2.43. The van der Waals surface area contributed by atoms with Crippen LogP contribution >= 0.6 is 11.6 Å². The molecule has 102 valence electrons. The van der Waals surface area contributed by atoms with Gasteiger partial charge in [0.1, 0.15) is 10.7 Å². The van der Waals surface area contributed by atoms with E-state index >= 15 is 0 Å². The Labute approximate surface area is 115 Å². The Morgan fingerprint density at radius 3 is 2.89 bits per heavy atom. The Bertz CT molecular complexity index is 594. The van der Waals surface area contributed by atoms with Gasteiger partial charge in [-0.3, -0.25) is 0 Å². The first-order valence-corrected chi connectivity index (χ1v) is 6.65. The van der Waals surface area contributed by atoms with Crippen LogP contribution in [0.5, 0.6) is 0 Å². The highest BCUT2D eigenvalue weighted by Crippen LogP contribution is 2.33. The molecule has 1 aliphatic heterocycles. The van der Waals surface area contributed by atoms with Gasteiger partial charge < -0.3 is 9.84 Å². The lowest BCUT2D eigenvalue weighted by atomic mass is 9.87. The Kier molecular flexibility index (Phi) is 3.16. The molecule has 3 rings (SSSR count). The van der Waals surface area contributed by atoms with E-state index in [4.69, 9.17) is 16.3 Å². The minimum absolute atomic E-state index is 0.229. The van der Waals surface area contributed by atoms with Gasteiger partial charge in [0.05, 0.1) is 11.6 Å². The van der Waals surface area contributed by atoms with Gasteiger partial charge in [0.25, 0.3) is 0 Å². The lowest BCUT2D eigenvalue weighted by Gasteiger charge is -2.36. The van der Waals surface area contributed by atoms with Gasteiger partial charge >= 0.3 is 0 Å². The summed E-state index contributed by atoms with van der Waals surface area (Å²) in [6.45, 7) is 3.03. The highest BCUT2D eigenvalue weighted by molar-refractivity contribution is 6.29. The van der Waals surface area contributed by atoms with Crippen molar-refractivity contribution in [2.24, 2.45) is 0 Å². The van der Waals surface area contributed by atoms with E-state index in [1.807, 2.05) is 6.92 Å². The zero-order valence-corrected chi connectivity index (χ0v) is 11.3. The summed E-state index contributed by atoms with van der Waals surface area (Å²) < 4.78 is 6.94. The molecule has 1 atom stereocenters. The molecule has 1 fully saturated rings. The smallest absolute Gasteiger partial charge is 0.180 e. The van der Waals surface area contributed by atoms with Gasteiger partial charge in [-0.05, 0) is 19.1 Å². The second-order valence-electron chi connectivity index (χ2n) is 4.90. The number of pyridine rings is 1. The zero-order valence-electron chi connectivity index (χ0n) is 10.6. The van der Waals surface area contributed by atoms with E-state index in [0.29, 0.717) is 42.4 Å².